The van der Waals surface area contributed by atoms with Crippen LogP contribution in [0.5, 0.6) is 0 Å². The van der Waals surface area contributed by atoms with Crippen molar-refractivity contribution in [1.29, 1.82) is 0 Å². The Morgan fingerprint density at radius 3 is 2.21 bits per heavy atom. The van der Waals surface area contributed by atoms with Crippen molar-refractivity contribution in [3.63, 3.8) is 0 Å². The number of ketones is 1. The van der Waals surface area contributed by atoms with E-state index < -0.39 is 0 Å². The summed E-state index contributed by atoms with van der Waals surface area (Å²) in [6.07, 6.45) is 2.00. The van der Waals surface area contributed by atoms with Crippen molar-refractivity contribution >= 4 is 17.3 Å². The van der Waals surface area contributed by atoms with E-state index in [1.807, 2.05) is 85.8 Å². The Bertz CT molecular complexity index is 845. The topological polar surface area (TPSA) is 43.4 Å². The first-order valence-corrected chi connectivity index (χ1v) is 8.96. The largest absolute Gasteiger partial charge is 0.718 e. The molecule has 0 saturated carbocycles. The third kappa shape index (κ3) is 7.91. The Morgan fingerprint density at radius 1 is 1.04 bits per heavy atom. The number of esters is 1. The molecule has 0 spiro atoms. The van der Waals surface area contributed by atoms with Gasteiger partial charge >= 0.3 is 0 Å². The molecule has 0 aliphatic rings. The van der Waals surface area contributed by atoms with Crippen LogP contribution in [0, 0.1) is 0 Å². The number of benzene rings is 1. The summed E-state index contributed by atoms with van der Waals surface area (Å²) in [5.41, 5.74) is 3.86. The summed E-state index contributed by atoms with van der Waals surface area (Å²) < 4.78 is 4.80. The van der Waals surface area contributed by atoms with Crippen LogP contribution in [0.3, 0.4) is 0 Å². The van der Waals surface area contributed by atoms with Gasteiger partial charge in [-0.15, -0.1) is 23.3 Å². The van der Waals surface area contributed by atoms with Gasteiger partial charge < -0.3 is 39.4 Å². The molecule has 3 aromatic carbocycles. The van der Waals surface area contributed by atoms with Crippen molar-refractivity contribution in [2.45, 2.75) is 20.3 Å². The van der Waals surface area contributed by atoms with Crippen molar-refractivity contribution in [3.05, 3.63) is 102 Å². The van der Waals surface area contributed by atoms with Crippen molar-refractivity contribution in [2.24, 2.45) is 0 Å². The maximum atomic E-state index is 11.7. The average Bonchev–Trinajstić information content (AvgIpc) is 3.37. The van der Waals surface area contributed by atoms with E-state index in [4.69, 9.17) is 4.74 Å². The summed E-state index contributed by atoms with van der Waals surface area (Å²) >= 11 is 0. The van der Waals surface area contributed by atoms with E-state index in [9.17, 15) is 9.59 Å². The molecule has 3 aromatic rings. The van der Waals surface area contributed by atoms with Gasteiger partial charge in [-0.1, -0.05) is 49.2 Å². The second-order valence-electron chi connectivity index (χ2n) is 6.01. The second kappa shape index (κ2) is 12.7. The summed E-state index contributed by atoms with van der Waals surface area (Å²) in [6, 6.07) is 25.1. The molecule has 0 amide bonds. The molecule has 0 bridgehead atoms. The van der Waals surface area contributed by atoms with Gasteiger partial charge in [-0.3, -0.25) is 10.6 Å². The maximum absolute atomic E-state index is 11.7. The van der Waals surface area contributed by atoms with Crippen molar-refractivity contribution in [1.82, 2.24) is 0 Å². The van der Waals surface area contributed by atoms with Crippen LogP contribution in [0.15, 0.2) is 84.9 Å². The molecule has 0 N–H and O–H groups in total. The smallest absolute Gasteiger partial charge is 0.289 e. The van der Waals surface area contributed by atoms with E-state index in [1.165, 1.54) is 6.08 Å². The van der Waals surface area contributed by atoms with Crippen LogP contribution < -0.4 is 0 Å². The van der Waals surface area contributed by atoms with Crippen molar-refractivity contribution < 1.29 is 31.4 Å². The molecule has 0 aromatic heterocycles. The molecule has 3 nitrogen and oxygen atoms in total. The number of Topliss-reactive ketones (excluding diaryl/α,β-unsaturated/α-hetero) is 1. The Labute approximate surface area is 177 Å². The molecule has 0 unspecified atom stereocenters. The van der Waals surface area contributed by atoms with Gasteiger partial charge in [0.2, 0.25) is 0 Å². The summed E-state index contributed by atoms with van der Waals surface area (Å²) in [6.45, 7) is 4.11. The van der Waals surface area contributed by atoms with Crippen LogP contribution >= 0.6 is 0 Å². The number of hydrogen-bond acceptors (Lipinski definition) is 3. The van der Waals surface area contributed by atoms with E-state index in [2.05, 4.69) is 0 Å². The van der Waals surface area contributed by atoms with E-state index in [1.54, 1.807) is 6.92 Å². The fourth-order valence-corrected chi connectivity index (χ4v) is 2.52. The van der Waals surface area contributed by atoms with Gasteiger partial charge in [0.25, 0.3) is 5.97 Å². The summed E-state index contributed by atoms with van der Waals surface area (Å²) in [7, 11) is 0. The quantitative estimate of drug-likeness (QED) is 0.182. The molecule has 0 atom stereocenters. The van der Waals surface area contributed by atoms with Gasteiger partial charge in [0, 0.05) is 17.1 Å². The Morgan fingerprint density at radius 2 is 1.64 bits per heavy atom. The molecule has 0 radical (unpaired) electrons. The Hall–Kier alpha value is -2.68. The molecule has 0 saturated heterocycles. The number of allylic oxidation sites excluding steroid dienone is 1. The predicted octanol–water partition coefficient (Wildman–Crippen LogP) is 5.20. The van der Waals surface area contributed by atoms with Gasteiger partial charge in [-0.05, 0) is 13.0 Å². The SMILES string of the molecule is CCOC(=O)C=C(C)[c-]1cccc1.O=C(Cc1ccccc1)[c-]1[cH-][cH-][cH-][cH-]1.[Fe]. The minimum atomic E-state index is -0.277. The monoisotopic (exact) mass is 416 g/mol. The number of rotatable bonds is 6. The molecule has 4 heteroatoms. The first kappa shape index (κ1) is 23.4. The molecular formula is C24H24FeO3-6. The summed E-state index contributed by atoms with van der Waals surface area (Å²) in [4.78, 5) is 22.7. The molecule has 152 valence electrons. The zero-order valence-corrected chi connectivity index (χ0v) is 17.2. The van der Waals surface area contributed by atoms with E-state index in [0.717, 1.165) is 22.3 Å². The molecule has 28 heavy (non-hydrogen) atoms. The number of carbonyl (C=O) groups excluding carboxylic acids is 2. The maximum Gasteiger partial charge on any atom is 0.289 e. The van der Waals surface area contributed by atoms with Crippen LogP contribution in [0.4, 0.5) is 0 Å². The number of carbonyl (C=O) groups is 2. The molecule has 0 heterocycles. The van der Waals surface area contributed by atoms with Crippen LogP contribution in [-0.4, -0.2) is 18.4 Å². The summed E-state index contributed by atoms with van der Waals surface area (Å²) in [5.74, 6) is -0.0950. The molecular weight excluding hydrogens is 392 g/mol. The van der Waals surface area contributed by atoms with Crippen molar-refractivity contribution in [3.8, 4) is 0 Å². The molecule has 3 rings (SSSR count). The standard InChI is InChI=1S/C13H11O.C11H13O2.Fe/c14-13(12-8-4-5-9-12)10-11-6-2-1-3-7-11;1-3-13-11(12)8-9(2)10-6-4-5-7-10;/h1-9H,10H2;4-8H,3H2,1-2H3;/q-5;-1;. The Kier molecular flexibility index (Phi) is 10.6. The average molecular weight is 416 g/mol. The van der Waals surface area contributed by atoms with Crippen molar-refractivity contribution in [2.75, 3.05) is 6.61 Å². The fraction of sp³-hybridized carbons (Fsp3) is 0.167. The zero-order chi connectivity index (χ0) is 19.5. The minimum Gasteiger partial charge on any atom is -0.718 e. The first-order chi connectivity index (χ1) is 13.1. The third-order valence-electron chi connectivity index (χ3n) is 3.93. The molecule has 0 aliphatic carbocycles. The molecule has 0 aliphatic heterocycles. The van der Waals surface area contributed by atoms with Crippen LogP contribution in [0.2, 0.25) is 0 Å². The second-order valence-corrected chi connectivity index (χ2v) is 6.01. The van der Waals surface area contributed by atoms with E-state index in [-0.39, 0.29) is 28.8 Å². The molecule has 0 fully saturated rings. The normalized spacial score (nSPS) is 10.3. The van der Waals surface area contributed by atoms with E-state index in [0.29, 0.717) is 13.0 Å². The van der Waals surface area contributed by atoms with Crippen LogP contribution in [-0.2, 0) is 33.0 Å². The first-order valence-electron chi connectivity index (χ1n) is 8.96. The predicted molar refractivity (Wildman–Crippen MR) is 109 cm³/mol. The van der Waals surface area contributed by atoms with E-state index >= 15 is 0 Å². The van der Waals surface area contributed by atoms with Crippen LogP contribution in [0.1, 0.15) is 35.3 Å². The summed E-state index contributed by atoms with van der Waals surface area (Å²) in [5, 5.41) is 0. The third-order valence-corrected chi connectivity index (χ3v) is 3.93. The van der Waals surface area contributed by atoms with Crippen LogP contribution in [0.25, 0.3) is 5.57 Å². The van der Waals surface area contributed by atoms with Gasteiger partial charge in [0.1, 0.15) is 0 Å². The van der Waals surface area contributed by atoms with Gasteiger partial charge in [-0.25, -0.2) is 0 Å². The van der Waals surface area contributed by atoms with Gasteiger partial charge in [-0.2, -0.15) is 12.1 Å². The fourth-order valence-electron chi connectivity index (χ4n) is 2.52. The minimum absolute atomic E-state index is 0. The Balaban J connectivity index is 0.000000271. The zero-order valence-electron chi connectivity index (χ0n) is 16.1. The number of hydrogen-bond donors (Lipinski definition) is 0. The van der Waals surface area contributed by atoms with Gasteiger partial charge in [0.05, 0.1) is 6.61 Å². The number of ether oxygens (including phenoxy) is 1. The van der Waals surface area contributed by atoms with Gasteiger partial charge in [0.15, 0.2) is 0 Å².